The zero-order valence-corrected chi connectivity index (χ0v) is 18.7. The smallest absolute Gasteiger partial charge is 0.282 e. The Bertz CT molecular complexity index is 1110. The molecule has 0 N–H and O–H groups in total. The average Bonchev–Trinajstić information content (AvgIpc) is 3.29. The molecule has 146 valence electrons. The van der Waals surface area contributed by atoms with Crippen LogP contribution in [0.5, 0.6) is 0 Å². The molecule has 1 amide bonds. The molecule has 7 heteroatoms. The first-order valence-electron chi connectivity index (χ1n) is 9.03. The van der Waals surface area contributed by atoms with E-state index in [9.17, 15) is 4.79 Å². The Labute approximate surface area is 182 Å². The number of hydrazone groups is 1. The molecule has 0 radical (unpaired) electrons. The van der Waals surface area contributed by atoms with E-state index < -0.39 is 0 Å². The highest BCUT2D eigenvalue weighted by Gasteiger charge is 2.30. The van der Waals surface area contributed by atoms with Crippen molar-refractivity contribution < 1.29 is 4.79 Å². The summed E-state index contributed by atoms with van der Waals surface area (Å²) in [5.41, 5.74) is 5.18. The van der Waals surface area contributed by atoms with Crippen molar-refractivity contribution in [3.63, 3.8) is 0 Å². The van der Waals surface area contributed by atoms with Crippen LogP contribution >= 0.6 is 27.3 Å². The van der Waals surface area contributed by atoms with Gasteiger partial charge in [-0.3, -0.25) is 4.79 Å². The van der Waals surface area contributed by atoms with E-state index in [1.807, 2.05) is 85.9 Å². The van der Waals surface area contributed by atoms with Gasteiger partial charge in [0, 0.05) is 35.2 Å². The van der Waals surface area contributed by atoms with Crippen molar-refractivity contribution in [3.05, 3.63) is 69.5 Å². The third kappa shape index (κ3) is 4.02. The maximum atomic E-state index is 13.0. The van der Waals surface area contributed by atoms with E-state index in [2.05, 4.69) is 26.0 Å². The third-order valence-electron chi connectivity index (χ3n) is 4.60. The van der Waals surface area contributed by atoms with Crippen LogP contribution < -0.4 is 9.91 Å². The van der Waals surface area contributed by atoms with E-state index >= 15 is 0 Å². The van der Waals surface area contributed by atoms with Gasteiger partial charge in [0.15, 0.2) is 0 Å². The summed E-state index contributed by atoms with van der Waals surface area (Å²) in [5.74, 6) is -0.157. The van der Waals surface area contributed by atoms with Gasteiger partial charge in [-0.05, 0) is 42.8 Å². The molecule has 0 spiro atoms. The van der Waals surface area contributed by atoms with Gasteiger partial charge < -0.3 is 4.90 Å². The summed E-state index contributed by atoms with van der Waals surface area (Å²) in [5, 5.41) is 8.35. The molecule has 0 atom stereocenters. The monoisotopic (exact) mass is 466 g/mol. The zero-order valence-electron chi connectivity index (χ0n) is 16.3. The molecule has 0 saturated heterocycles. The lowest BCUT2D eigenvalue weighted by Gasteiger charge is -2.12. The molecule has 2 heterocycles. The maximum Gasteiger partial charge on any atom is 0.282 e. The SMILES string of the molecule is CC1=NN(c2nc(-c3ccc(Br)cc3)cs2)C(=O)C1=Cc1ccc(N(C)C)cc1. The van der Waals surface area contributed by atoms with Crippen LogP contribution in [0.25, 0.3) is 17.3 Å². The Morgan fingerprint density at radius 3 is 2.41 bits per heavy atom. The van der Waals surface area contributed by atoms with E-state index in [0.717, 1.165) is 27.0 Å². The highest BCUT2D eigenvalue weighted by molar-refractivity contribution is 9.10. The van der Waals surface area contributed by atoms with Crippen LogP contribution in [0, 0.1) is 0 Å². The first-order valence-corrected chi connectivity index (χ1v) is 10.7. The second-order valence-electron chi connectivity index (χ2n) is 6.87. The third-order valence-corrected chi connectivity index (χ3v) is 5.94. The van der Waals surface area contributed by atoms with Crippen LogP contribution in [0.3, 0.4) is 0 Å². The number of anilines is 2. The number of carbonyl (C=O) groups excluding carboxylic acids is 1. The topological polar surface area (TPSA) is 48.8 Å². The Morgan fingerprint density at radius 1 is 1.07 bits per heavy atom. The molecule has 0 unspecified atom stereocenters. The van der Waals surface area contributed by atoms with Crippen molar-refractivity contribution >= 4 is 55.8 Å². The number of nitrogens with zero attached hydrogens (tertiary/aromatic N) is 4. The fourth-order valence-corrected chi connectivity index (χ4v) is 4.01. The minimum Gasteiger partial charge on any atom is -0.378 e. The molecular weight excluding hydrogens is 448 g/mol. The summed E-state index contributed by atoms with van der Waals surface area (Å²) >= 11 is 4.85. The van der Waals surface area contributed by atoms with Crippen LogP contribution in [0.1, 0.15) is 12.5 Å². The van der Waals surface area contributed by atoms with Crippen molar-refractivity contribution in [1.82, 2.24) is 4.98 Å². The molecule has 1 aliphatic heterocycles. The van der Waals surface area contributed by atoms with Crippen LogP contribution in [-0.4, -0.2) is 30.7 Å². The van der Waals surface area contributed by atoms with E-state index in [0.29, 0.717) is 16.4 Å². The van der Waals surface area contributed by atoms with Gasteiger partial charge in [-0.15, -0.1) is 11.3 Å². The molecule has 0 fully saturated rings. The standard InChI is InChI=1S/C22H19BrN4OS/c1-14-19(12-15-4-10-18(11-5-15)26(2)3)21(28)27(25-14)22-24-20(13-29-22)16-6-8-17(23)9-7-16/h4-13H,1-3H3. The first-order chi connectivity index (χ1) is 13.9. The predicted molar refractivity (Wildman–Crippen MR) is 125 cm³/mol. The minimum absolute atomic E-state index is 0.157. The molecular formula is C22H19BrN4OS. The normalized spacial score (nSPS) is 15.2. The fourth-order valence-electron chi connectivity index (χ4n) is 2.96. The van der Waals surface area contributed by atoms with E-state index in [-0.39, 0.29) is 5.91 Å². The first kappa shape index (κ1) is 19.5. The highest BCUT2D eigenvalue weighted by atomic mass is 79.9. The van der Waals surface area contributed by atoms with Gasteiger partial charge in [0.05, 0.1) is 17.0 Å². The van der Waals surface area contributed by atoms with Crippen LogP contribution in [-0.2, 0) is 4.79 Å². The molecule has 0 saturated carbocycles. The summed E-state index contributed by atoms with van der Waals surface area (Å²) < 4.78 is 1.01. The Balaban J connectivity index is 1.58. The number of thiazole rings is 1. The number of amides is 1. The van der Waals surface area contributed by atoms with E-state index in [4.69, 9.17) is 0 Å². The molecule has 0 bridgehead atoms. The van der Waals surface area contributed by atoms with Gasteiger partial charge in [-0.1, -0.05) is 40.2 Å². The molecule has 0 aliphatic carbocycles. The second-order valence-corrected chi connectivity index (χ2v) is 8.62. The lowest BCUT2D eigenvalue weighted by molar-refractivity contribution is -0.114. The molecule has 2 aromatic carbocycles. The minimum atomic E-state index is -0.157. The zero-order chi connectivity index (χ0) is 20.5. The number of hydrogen-bond donors (Lipinski definition) is 0. The van der Waals surface area contributed by atoms with Gasteiger partial charge in [0.1, 0.15) is 0 Å². The van der Waals surface area contributed by atoms with Crippen LogP contribution in [0.4, 0.5) is 10.8 Å². The van der Waals surface area contributed by atoms with Gasteiger partial charge in [0.2, 0.25) is 5.13 Å². The van der Waals surface area contributed by atoms with Gasteiger partial charge in [-0.25, -0.2) is 4.98 Å². The summed E-state index contributed by atoms with van der Waals surface area (Å²) in [7, 11) is 4.00. The summed E-state index contributed by atoms with van der Waals surface area (Å²) in [6, 6.07) is 16.0. The predicted octanol–water partition coefficient (Wildman–Crippen LogP) is 5.44. The number of benzene rings is 2. The lowest BCUT2D eigenvalue weighted by atomic mass is 10.1. The molecule has 5 nitrogen and oxygen atoms in total. The Morgan fingerprint density at radius 2 is 1.76 bits per heavy atom. The number of hydrogen-bond acceptors (Lipinski definition) is 5. The van der Waals surface area contributed by atoms with Crippen molar-refractivity contribution in [2.45, 2.75) is 6.92 Å². The van der Waals surface area contributed by atoms with Gasteiger partial charge >= 0.3 is 0 Å². The molecule has 1 aliphatic rings. The molecule has 1 aromatic heterocycles. The summed E-state index contributed by atoms with van der Waals surface area (Å²) in [6.45, 7) is 1.85. The van der Waals surface area contributed by atoms with E-state index in [1.165, 1.54) is 16.3 Å². The lowest BCUT2D eigenvalue weighted by Crippen LogP contribution is -2.21. The largest absolute Gasteiger partial charge is 0.378 e. The highest BCUT2D eigenvalue weighted by Crippen LogP contribution is 2.32. The molecule has 3 aromatic rings. The van der Waals surface area contributed by atoms with Crippen molar-refractivity contribution in [1.29, 1.82) is 0 Å². The molecule has 29 heavy (non-hydrogen) atoms. The Hall–Kier alpha value is -2.77. The average molecular weight is 467 g/mol. The van der Waals surface area contributed by atoms with Crippen molar-refractivity contribution in [2.75, 3.05) is 24.0 Å². The van der Waals surface area contributed by atoms with Crippen molar-refractivity contribution in [3.8, 4) is 11.3 Å². The van der Waals surface area contributed by atoms with Crippen LogP contribution in [0.15, 0.2) is 69.1 Å². The molecule has 4 rings (SSSR count). The Kier molecular flexibility index (Phi) is 5.34. The number of aromatic nitrogens is 1. The van der Waals surface area contributed by atoms with E-state index in [1.54, 1.807) is 0 Å². The summed E-state index contributed by atoms with van der Waals surface area (Å²) in [6.07, 6.45) is 1.88. The van der Waals surface area contributed by atoms with Gasteiger partial charge in [-0.2, -0.15) is 10.1 Å². The van der Waals surface area contributed by atoms with Gasteiger partial charge in [0.25, 0.3) is 5.91 Å². The van der Waals surface area contributed by atoms with Crippen LogP contribution in [0.2, 0.25) is 0 Å². The van der Waals surface area contributed by atoms with Crippen molar-refractivity contribution in [2.24, 2.45) is 5.10 Å². The number of carbonyl (C=O) groups is 1. The second kappa shape index (κ2) is 7.93. The fraction of sp³-hybridized carbons (Fsp3) is 0.136. The maximum absolute atomic E-state index is 13.0. The number of halogens is 1. The number of rotatable bonds is 4. The quantitative estimate of drug-likeness (QED) is 0.480. The summed E-state index contributed by atoms with van der Waals surface area (Å²) in [4.78, 5) is 19.6.